The first-order chi connectivity index (χ1) is 7.97. The Morgan fingerprint density at radius 2 is 2.29 bits per heavy atom. The fourth-order valence-corrected chi connectivity index (χ4v) is 1.95. The third-order valence-corrected chi connectivity index (χ3v) is 4.05. The fourth-order valence-electron chi connectivity index (χ4n) is 1.43. The zero-order valence-corrected chi connectivity index (χ0v) is 11.4. The fraction of sp³-hybridized carbons (Fsp3) is 0.667. The van der Waals surface area contributed by atoms with E-state index in [0.29, 0.717) is 0 Å². The summed E-state index contributed by atoms with van der Waals surface area (Å²) in [5.74, 6) is 0.796. The van der Waals surface area contributed by atoms with Gasteiger partial charge in [0.25, 0.3) is 0 Å². The lowest BCUT2D eigenvalue weighted by atomic mass is 10.3. The van der Waals surface area contributed by atoms with Crippen molar-refractivity contribution in [1.82, 2.24) is 9.55 Å². The van der Waals surface area contributed by atoms with Crippen LogP contribution in [0.5, 0.6) is 0 Å². The summed E-state index contributed by atoms with van der Waals surface area (Å²) in [6.45, 7) is 6.76. The van der Waals surface area contributed by atoms with Gasteiger partial charge in [-0.15, -0.1) is 0 Å². The van der Waals surface area contributed by atoms with E-state index < -0.39 is 11.4 Å². The molecule has 1 saturated carbocycles. The number of rotatable bonds is 4. The second-order valence-electron chi connectivity index (χ2n) is 5.51. The molecule has 4 nitrogen and oxygen atoms in total. The molecular weight excluding hydrogens is 234 g/mol. The number of nitrogens with zero attached hydrogens (tertiary/aromatic N) is 3. The SMILES string of the molecule is CC(C)(C)[S+]([O-])N=Cc1cncn1CC1CC1. The van der Waals surface area contributed by atoms with Crippen LogP contribution in [0.15, 0.2) is 16.9 Å². The normalized spacial score (nSPS) is 18.8. The van der Waals surface area contributed by atoms with E-state index in [1.165, 1.54) is 12.8 Å². The standard InChI is InChI=1S/C12H19N3OS/c1-12(2,3)17(16)14-7-11-6-13-9-15(11)8-10-4-5-10/h6-7,9-10H,4-5,8H2,1-3H3. The van der Waals surface area contributed by atoms with Gasteiger partial charge in [0, 0.05) is 6.54 Å². The highest BCUT2D eigenvalue weighted by molar-refractivity contribution is 7.91. The highest BCUT2D eigenvalue weighted by Crippen LogP contribution is 2.30. The van der Waals surface area contributed by atoms with Gasteiger partial charge in [-0.25, -0.2) is 4.98 Å². The molecule has 5 heteroatoms. The molecule has 1 aromatic heterocycles. The van der Waals surface area contributed by atoms with E-state index in [-0.39, 0.29) is 4.75 Å². The van der Waals surface area contributed by atoms with E-state index in [1.54, 1.807) is 12.4 Å². The van der Waals surface area contributed by atoms with Crippen LogP contribution < -0.4 is 0 Å². The lowest BCUT2D eigenvalue weighted by Crippen LogP contribution is -2.26. The topological polar surface area (TPSA) is 53.2 Å². The molecule has 0 radical (unpaired) electrons. The van der Waals surface area contributed by atoms with Gasteiger partial charge in [0.2, 0.25) is 0 Å². The van der Waals surface area contributed by atoms with Crippen LogP contribution in [0.1, 0.15) is 39.3 Å². The van der Waals surface area contributed by atoms with Crippen molar-refractivity contribution in [3.63, 3.8) is 0 Å². The molecule has 0 saturated heterocycles. The smallest absolute Gasteiger partial charge is 0.144 e. The van der Waals surface area contributed by atoms with Crippen LogP contribution in [0.2, 0.25) is 0 Å². The number of aromatic nitrogens is 2. The van der Waals surface area contributed by atoms with Gasteiger partial charge in [0.15, 0.2) is 0 Å². The minimum Gasteiger partial charge on any atom is -0.591 e. The van der Waals surface area contributed by atoms with E-state index in [2.05, 4.69) is 13.9 Å². The van der Waals surface area contributed by atoms with Gasteiger partial charge >= 0.3 is 0 Å². The van der Waals surface area contributed by atoms with Gasteiger partial charge in [0.1, 0.15) is 22.3 Å². The second-order valence-corrected chi connectivity index (χ2v) is 7.44. The van der Waals surface area contributed by atoms with E-state index in [4.69, 9.17) is 0 Å². The summed E-state index contributed by atoms with van der Waals surface area (Å²) in [5.41, 5.74) is 0.939. The van der Waals surface area contributed by atoms with Crippen molar-refractivity contribution >= 4 is 17.6 Å². The molecule has 0 spiro atoms. The maximum atomic E-state index is 11.8. The molecule has 1 atom stereocenters. The second kappa shape index (κ2) is 4.82. The molecule has 0 N–H and O–H groups in total. The highest BCUT2D eigenvalue weighted by Gasteiger charge is 2.26. The monoisotopic (exact) mass is 253 g/mol. The summed E-state index contributed by atoms with van der Waals surface area (Å²) in [6, 6.07) is 0. The summed E-state index contributed by atoms with van der Waals surface area (Å²) in [4.78, 5) is 4.12. The highest BCUT2D eigenvalue weighted by atomic mass is 32.2. The number of hydrogen-bond donors (Lipinski definition) is 0. The van der Waals surface area contributed by atoms with E-state index in [1.807, 2.05) is 27.1 Å². The van der Waals surface area contributed by atoms with Crippen LogP contribution in [0.25, 0.3) is 0 Å². The molecule has 17 heavy (non-hydrogen) atoms. The van der Waals surface area contributed by atoms with Crippen LogP contribution in [0, 0.1) is 5.92 Å². The van der Waals surface area contributed by atoms with Crippen molar-refractivity contribution in [2.45, 2.75) is 44.9 Å². The van der Waals surface area contributed by atoms with Crippen molar-refractivity contribution in [3.8, 4) is 0 Å². The van der Waals surface area contributed by atoms with Gasteiger partial charge in [0.05, 0.1) is 18.2 Å². The Labute approximate surface area is 105 Å². The van der Waals surface area contributed by atoms with Crippen molar-refractivity contribution in [2.75, 3.05) is 0 Å². The molecule has 94 valence electrons. The Morgan fingerprint density at radius 3 is 2.88 bits per heavy atom. The number of imidazole rings is 1. The summed E-state index contributed by atoms with van der Waals surface area (Å²) in [7, 11) is 0. The molecule has 1 aliphatic carbocycles. The average Bonchev–Trinajstić information content (AvgIpc) is 2.93. The van der Waals surface area contributed by atoms with Crippen LogP contribution in [0.4, 0.5) is 0 Å². The van der Waals surface area contributed by atoms with Gasteiger partial charge < -0.3 is 9.12 Å². The van der Waals surface area contributed by atoms with Crippen LogP contribution in [-0.4, -0.2) is 25.1 Å². The minimum atomic E-state index is -1.20. The van der Waals surface area contributed by atoms with E-state index in [9.17, 15) is 4.55 Å². The molecule has 1 heterocycles. The summed E-state index contributed by atoms with van der Waals surface area (Å²) in [6.07, 6.45) is 7.88. The molecule has 0 amide bonds. The van der Waals surface area contributed by atoms with Gasteiger partial charge in [-0.3, -0.25) is 0 Å². The Balaban J connectivity index is 2.02. The molecule has 1 fully saturated rings. The van der Waals surface area contributed by atoms with E-state index >= 15 is 0 Å². The Hall–Kier alpha value is -0.810. The Kier molecular flexibility index (Phi) is 3.58. The van der Waals surface area contributed by atoms with Crippen molar-refractivity contribution in [3.05, 3.63) is 18.2 Å². The molecule has 1 unspecified atom stereocenters. The molecule has 1 aliphatic rings. The van der Waals surface area contributed by atoms with Crippen LogP contribution >= 0.6 is 0 Å². The molecule has 0 aliphatic heterocycles. The zero-order valence-electron chi connectivity index (χ0n) is 10.6. The molecule has 0 bridgehead atoms. The average molecular weight is 253 g/mol. The van der Waals surface area contributed by atoms with Crippen molar-refractivity contribution < 1.29 is 4.55 Å². The Morgan fingerprint density at radius 1 is 1.59 bits per heavy atom. The van der Waals surface area contributed by atoms with Crippen LogP contribution in [-0.2, 0) is 17.9 Å². The first-order valence-corrected chi connectivity index (χ1v) is 7.03. The quantitative estimate of drug-likeness (QED) is 0.610. The lowest BCUT2D eigenvalue weighted by molar-refractivity contribution is 0.561. The predicted molar refractivity (Wildman–Crippen MR) is 70.4 cm³/mol. The summed E-state index contributed by atoms with van der Waals surface area (Å²) < 4.78 is 17.7. The maximum Gasteiger partial charge on any atom is 0.144 e. The van der Waals surface area contributed by atoms with Crippen molar-refractivity contribution in [2.24, 2.45) is 10.3 Å². The third kappa shape index (κ3) is 3.57. The first kappa shape index (κ1) is 12.6. The van der Waals surface area contributed by atoms with Crippen LogP contribution in [0.3, 0.4) is 0 Å². The van der Waals surface area contributed by atoms with E-state index in [0.717, 1.165) is 18.2 Å². The minimum absolute atomic E-state index is 0.308. The van der Waals surface area contributed by atoms with Gasteiger partial charge in [-0.1, -0.05) is 4.40 Å². The predicted octanol–water partition coefficient (Wildman–Crippen LogP) is 2.17. The lowest BCUT2D eigenvalue weighted by Gasteiger charge is -2.17. The first-order valence-electron chi connectivity index (χ1n) is 5.93. The molecular formula is C12H19N3OS. The largest absolute Gasteiger partial charge is 0.591 e. The summed E-state index contributed by atoms with van der Waals surface area (Å²) in [5, 5.41) is 0. The number of hydrogen-bond acceptors (Lipinski definition) is 3. The molecule has 0 aromatic carbocycles. The molecule has 1 aromatic rings. The Bertz CT molecular complexity index is 404. The van der Waals surface area contributed by atoms with Gasteiger partial charge in [-0.05, 0) is 39.5 Å². The maximum absolute atomic E-state index is 11.8. The van der Waals surface area contributed by atoms with Gasteiger partial charge in [-0.2, -0.15) is 0 Å². The molecule has 2 rings (SSSR count). The summed E-state index contributed by atoms with van der Waals surface area (Å²) >= 11 is -1.20. The van der Waals surface area contributed by atoms with Crippen molar-refractivity contribution in [1.29, 1.82) is 0 Å². The third-order valence-electron chi connectivity index (χ3n) is 2.70. The zero-order chi connectivity index (χ0) is 12.5.